The van der Waals surface area contributed by atoms with Crippen LogP contribution in [0, 0.1) is 5.92 Å². The predicted octanol–water partition coefficient (Wildman–Crippen LogP) is 2.78. The number of likely N-dealkylation sites (tertiary alicyclic amines) is 1. The Morgan fingerprint density at radius 2 is 1.89 bits per heavy atom. The normalized spacial score (nSPS) is 22.6. The predicted molar refractivity (Wildman–Crippen MR) is 107 cm³/mol. The molecular formula is C22H31N3O3. The van der Waals surface area contributed by atoms with Crippen LogP contribution in [-0.4, -0.2) is 60.1 Å². The second kappa shape index (κ2) is 8.52. The summed E-state index contributed by atoms with van der Waals surface area (Å²) in [7, 11) is 0. The van der Waals surface area contributed by atoms with E-state index in [1.54, 1.807) is 0 Å². The summed E-state index contributed by atoms with van der Waals surface area (Å²) in [4.78, 5) is 29.1. The van der Waals surface area contributed by atoms with Crippen molar-refractivity contribution in [2.45, 2.75) is 50.7 Å². The molecule has 0 unspecified atom stereocenters. The maximum absolute atomic E-state index is 12.8. The van der Waals surface area contributed by atoms with E-state index in [1.165, 1.54) is 19.3 Å². The van der Waals surface area contributed by atoms with E-state index in [9.17, 15) is 9.59 Å². The molecule has 28 heavy (non-hydrogen) atoms. The molecule has 6 nitrogen and oxygen atoms in total. The zero-order valence-corrected chi connectivity index (χ0v) is 16.6. The number of ether oxygens (including phenoxy) is 1. The van der Waals surface area contributed by atoms with Gasteiger partial charge in [0.15, 0.2) is 0 Å². The van der Waals surface area contributed by atoms with Crippen molar-refractivity contribution in [1.29, 1.82) is 0 Å². The fraction of sp³-hybridized carbons (Fsp3) is 0.636. The maximum atomic E-state index is 12.8. The Balaban J connectivity index is 1.26. The summed E-state index contributed by atoms with van der Waals surface area (Å²) >= 11 is 0. The van der Waals surface area contributed by atoms with E-state index >= 15 is 0 Å². The summed E-state index contributed by atoms with van der Waals surface area (Å²) in [5.41, 5.74) is 0.704. The van der Waals surface area contributed by atoms with Crippen LogP contribution in [0.1, 0.15) is 44.1 Å². The highest BCUT2D eigenvalue weighted by atomic mass is 16.5. The first kappa shape index (κ1) is 19.2. The lowest BCUT2D eigenvalue weighted by molar-refractivity contribution is -0.135. The number of carbonyl (C=O) groups is 2. The van der Waals surface area contributed by atoms with Crippen LogP contribution in [-0.2, 0) is 16.1 Å². The van der Waals surface area contributed by atoms with E-state index in [0.717, 1.165) is 24.9 Å². The molecule has 1 aromatic carbocycles. The minimum atomic E-state index is -0.387. The third kappa shape index (κ3) is 4.49. The summed E-state index contributed by atoms with van der Waals surface area (Å²) in [6.07, 6.45) is 5.73. The van der Waals surface area contributed by atoms with Crippen molar-refractivity contribution in [3.63, 3.8) is 0 Å². The molecular weight excluding hydrogens is 354 g/mol. The first-order valence-electron chi connectivity index (χ1n) is 10.6. The zero-order valence-electron chi connectivity index (χ0n) is 16.6. The average Bonchev–Trinajstić information content (AvgIpc) is 2.83. The van der Waals surface area contributed by atoms with Gasteiger partial charge in [-0.15, -0.1) is 0 Å². The number of benzene rings is 1. The molecule has 1 spiro atoms. The number of urea groups is 1. The summed E-state index contributed by atoms with van der Waals surface area (Å²) in [6, 6.07) is 9.89. The lowest BCUT2D eigenvalue weighted by Crippen LogP contribution is -2.51. The van der Waals surface area contributed by atoms with E-state index in [1.807, 2.05) is 40.1 Å². The molecule has 1 aromatic rings. The van der Waals surface area contributed by atoms with Crippen molar-refractivity contribution in [1.82, 2.24) is 15.1 Å². The number of carbonyl (C=O) groups excluding carboxylic acids is 2. The smallest absolute Gasteiger partial charge is 0.317 e. The number of piperidine rings is 1. The van der Waals surface area contributed by atoms with Gasteiger partial charge in [-0.3, -0.25) is 4.79 Å². The molecule has 2 saturated heterocycles. The Morgan fingerprint density at radius 3 is 2.57 bits per heavy atom. The highest BCUT2D eigenvalue weighted by Gasteiger charge is 2.41. The standard InChI is InChI=1S/C22H31N3O3/c26-20-15-22(28-14-13-25(20)17-19-7-4-8-19)9-11-24(12-10-22)21(27)23-16-18-5-2-1-3-6-18/h1-3,5-6,19H,4,7-17H2,(H,23,27). The minimum Gasteiger partial charge on any atom is -0.372 e. The van der Waals surface area contributed by atoms with E-state index in [4.69, 9.17) is 4.74 Å². The molecule has 1 saturated carbocycles. The number of hydrogen-bond acceptors (Lipinski definition) is 3. The second-order valence-corrected chi connectivity index (χ2v) is 8.48. The number of rotatable bonds is 4. The third-order valence-corrected chi connectivity index (χ3v) is 6.55. The summed E-state index contributed by atoms with van der Waals surface area (Å²) in [5, 5.41) is 2.99. The fourth-order valence-corrected chi connectivity index (χ4v) is 4.44. The number of amides is 3. The van der Waals surface area contributed by atoms with Gasteiger partial charge in [0.05, 0.1) is 18.6 Å². The van der Waals surface area contributed by atoms with Gasteiger partial charge in [-0.25, -0.2) is 4.79 Å². The van der Waals surface area contributed by atoms with Crippen LogP contribution in [0.3, 0.4) is 0 Å². The van der Waals surface area contributed by atoms with Gasteiger partial charge >= 0.3 is 6.03 Å². The molecule has 2 heterocycles. The summed E-state index contributed by atoms with van der Waals surface area (Å²) < 4.78 is 6.20. The largest absolute Gasteiger partial charge is 0.372 e. The zero-order chi connectivity index (χ0) is 19.4. The van der Waals surface area contributed by atoms with Gasteiger partial charge in [0.1, 0.15) is 0 Å². The van der Waals surface area contributed by atoms with E-state index < -0.39 is 0 Å². The molecule has 1 N–H and O–H groups in total. The quantitative estimate of drug-likeness (QED) is 0.867. The van der Waals surface area contributed by atoms with Gasteiger partial charge in [-0.05, 0) is 37.2 Å². The van der Waals surface area contributed by atoms with Crippen LogP contribution in [0.4, 0.5) is 4.79 Å². The molecule has 152 valence electrons. The molecule has 3 amide bonds. The van der Waals surface area contributed by atoms with Crippen LogP contribution in [0.5, 0.6) is 0 Å². The van der Waals surface area contributed by atoms with Gasteiger partial charge in [0.25, 0.3) is 0 Å². The van der Waals surface area contributed by atoms with Crippen molar-refractivity contribution >= 4 is 11.9 Å². The molecule has 2 aliphatic heterocycles. The second-order valence-electron chi connectivity index (χ2n) is 8.48. The Hall–Kier alpha value is -2.08. The number of hydrogen-bond donors (Lipinski definition) is 1. The van der Waals surface area contributed by atoms with Crippen LogP contribution < -0.4 is 5.32 Å². The third-order valence-electron chi connectivity index (χ3n) is 6.55. The molecule has 3 fully saturated rings. The first-order valence-corrected chi connectivity index (χ1v) is 10.6. The maximum Gasteiger partial charge on any atom is 0.317 e. The highest BCUT2D eigenvalue weighted by Crippen LogP contribution is 2.34. The first-order chi connectivity index (χ1) is 13.6. The van der Waals surface area contributed by atoms with E-state index in [-0.39, 0.29) is 17.5 Å². The number of nitrogens with zero attached hydrogens (tertiary/aromatic N) is 2. The van der Waals surface area contributed by atoms with Crippen molar-refractivity contribution < 1.29 is 14.3 Å². The van der Waals surface area contributed by atoms with Crippen molar-refractivity contribution in [2.75, 3.05) is 32.8 Å². The van der Waals surface area contributed by atoms with Gasteiger partial charge in [0, 0.05) is 32.7 Å². The van der Waals surface area contributed by atoms with Crippen LogP contribution in [0.25, 0.3) is 0 Å². The monoisotopic (exact) mass is 385 g/mol. The Bertz CT molecular complexity index is 682. The molecule has 6 heteroatoms. The van der Waals surface area contributed by atoms with Gasteiger partial charge in [-0.1, -0.05) is 36.8 Å². The molecule has 0 aromatic heterocycles. The average molecular weight is 386 g/mol. The summed E-state index contributed by atoms with van der Waals surface area (Å²) in [5.74, 6) is 0.916. The SMILES string of the molecule is O=C1CC2(CCN(C(=O)NCc3ccccc3)CC2)OCCN1CC1CCC1. The molecule has 1 aliphatic carbocycles. The Morgan fingerprint density at radius 1 is 1.14 bits per heavy atom. The van der Waals surface area contributed by atoms with Gasteiger partial charge < -0.3 is 19.9 Å². The fourth-order valence-electron chi connectivity index (χ4n) is 4.44. The molecule has 0 bridgehead atoms. The van der Waals surface area contributed by atoms with Crippen molar-refractivity contribution in [3.05, 3.63) is 35.9 Å². The van der Waals surface area contributed by atoms with E-state index in [2.05, 4.69) is 5.32 Å². The molecule has 4 rings (SSSR count). The number of nitrogens with one attached hydrogen (secondary N) is 1. The molecule has 3 aliphatic rings. The Kier molecular flexibility index (Phi) is 5.85. The lowest BCUT2D eigenvalue weighted by Gasteiger charge is -2.40. The molecule has 0 radical (unpaired) electrons. The van der Waals surface area contributed by atoms with Crippen LogP contribution in [0.2, 0.25) is 0 Å². The van der Waals surface area contributed by atoms with E-state index in [0.29, 0.717) is 45.1 Å². The van der Waals surface area contributed by atoms with Crippen molar-refractivity contribution in [3.8, 4) is 0 Å². The lowest BCUT2D eigenvalue weighted by atomic mass is 9.84. The van der Waals surface area contributed by atoms with Crippen molar-refractivity contribution in [2.24, 2.45) is 5.92 Å². The van der Waals surface area contributed by atoms with Gasteiger partial charge in [-0.2, -0.15) is 0 Å². The highest BCUT2D eigenvalue weighted by molar-refractivity contribution is 5.78. The van der Waals surface area contributed by atoms with Crippen LogP contribution >= 0.6 is 0 Å². The van der Waals surface area contributed by atoms with Gasteiger partial charge in [0.2, 0.25) is 5.91 Å². The molecule has 0 atom stereocenters. The topological polar surface area (TPSA) is 61.9 Å². The Labute approximate surface area is 167 Å². The summed E-state index contributed by atoms with van der Waals surface area (Å²) in [6.45, 7) is 4.02. The minimum absolute atomic E-state index is 0.0368. The van der Waals surface area contributed by atoms with Crippen LogP contribution in [0.15, 0.2) is 30.3 Å².